The molecule has 0 spiro atoms. The summed E-state index contributed by atoms with van der Waals surface area (Å²) in [6.45, 7) is 1.64. The van der Waals surface area contributed by atoms with E-state index in [1.165, 1.54) is 6.92 Å². The maximum atomic E-state index is 11.9. The highest BCUT2D eigenvalue weighted by atomic mass is 16.8. The maximum absolute atomic E-state index is 11.9. The molecular formula is C17H29NO12. The lowest BCUT2D eigenvalue weighted by Gasteiger charge is -2.48. The van der Waals surface area contributed by atoms with E-state index in [0.717, 1.165) is 6.92 Å². The molecule has 0 saturated carbocycles. The van der Waals surface area contributed by atoms with Gasteiger partial charge >= 0.3 is 0 Å². The van der Waals surface area contributed by atoms with Gasteiger partial charge in [0.15, 0.2) is 12.6 Å². The van der Waals surface area contributed by atoms with Crippen LogP contribution in [0.2, 0.25) is 0 Å². The van der Waals surface area contributed by atoms with Gasteiger partial charge in [0.05, 0.1) is 24.9 Å². The van der Waals surface area contributed by atoms with Crippen LogP contribution in [0.1, 0.15) is 20.3 Å². The molecule has 174 valence electrons. The molecule has 0 aromatic rings. The van der Waals surface area contributed by atoms with Crippen molar-refractivity contribution in [3.8, 4) is 0 Å². The van der Waals surface area contributed by atoms with E-state index in [-0.39, 0.29) is 6.29 Å². The van der Waals surface area contributed by atoms with Crippen molar-refractivity contribution < 1.29 is 59.5 Å². The molecule has 2 saturated heterocycles. The van der Waals surface area contributed by atoms with Crippen molar-refractivity contribution in [2.75, 3.05) is 6.61 Å². The Kier molecular flexibility index (Phi) is 8.26. The van der Waals surface area contributed by atoms with Crippen LogP contribution in [0.3, 0.4) is 0 Å². The standard InChI is InChI=1S/C17H29NO12/c1-6-11(24)13(26)14(27)16(28-6)30-17(5-20)3-8(22)10(18-7(2)21)15(29-17)12(25)9(23)4-19/h5-6,8-16,19,22-27H,3-4H2,1-2H3,(H,18,21)/t6-,8+,9-,10-,11+,12-,13+,14-,15-,16?,17-/m1/s1. The van der Waals surface area contributed by atoms with Crippen LogP contribution < -0.4 is 5.32 Å². The Morgan fingerprint density at radius 1 is 1.23 bits per heavy atom. The fourth-order valence-corrected chi connectivity index (χ4v) is 3.50. The number of nitrogens with one attached hydrogen (secondary N) is 1. The zero-order valence-electron chi connectivity index (χ0n) is 16.4. The molecule has 11 atom stereocenters. The van der Waals surface area contributed by atoms with Gasteiger partial charge in [-0.25, -0.2) is 0 Å². The third-order valence-corrected chi connectivity index (χ3v) is 5.19. The van der Waals surface area contributed by atoms with Gasteiger partial charge in [0.2, 0.25) is 11.7 Å². The molecule has 1 unspecified atom stereocenters. The highest BCUT2D eigenvalue weighted by Crippen LogP contribution is 2.35. The molecule has 0 bridgehead atoms. The number of aliphatic hydroxyl groups is 7. The molecule has 13 heteroatoms. The molecule has 2 heterocycles. The van der Waals surface area contributed by atoms with Crippen molar-refractivity contribution >= 4 is 12.2 Å². The minimum atomic E-state index is -2.32. The molecule has 2 aliphatic heterocycles. The summed E-state index contributed by atoms with van der Waals surface area (Å²) in [5, 5.41) is 71.9. The molecule has 0 aromatic heterocycles. The molecular weight excluding hydrogens is 410 g/mol. The molecule has 2 aliphatic rings. The van der Waals surface area contributed by atoms with Crippen LogP contribution in [0.15, 0.2) is 0 Å². The summed E-state index contributed by atoms with van der Waals surface area (Å²) in [4.78, 5) is 23.4. The van der Waals surface area contributed by atoms with E-state index in [2.05, 4.69) is 5.32 Å². The van der Waals surface area contributed by atoms with Gasteiger partial charge in [-0.2, -0.15) is 0 Å². The van der Waals surface area contributed by atoms with Crippen molar-refractivity contribution in [1.29, 1.82) is 0 Å². The first kappa shape index (κ1) is 25.0. The Morgan fingerprint density at radius 3 is 2.40 bits per heavy atom. The second-order valence-electron chi connectivity index (χ2n) is 7.55. The number of amides is 1. The fourth-order valence-electron chi connectivity index (χ4n) is 3.50. The Hall–Kier alpha value is -1.26. The summed E-state index contributed by atoms with van der Waals surface area (Å²) < 4.78 is 16.2. The van der Waals surface area contributed by atoms with Gasteiger partial charge in [-0.3, -0.25) is 9.59 Å². The van der Waals surface area contributed by atoms with Crippen LogP contribution in [0.25, 0.3) is 0 Å². The summed E-state index contributed by atoms with van der Waals surface area (Å²) in [5.74, 6) is -2.92. The molecule has 8 N–H and O–H groups in total. The number of carbonyl (C=O) groups is 2. The van der Waals surface area contributed by atoms with E-state index < -0.39 is 85.9 Å². The molecule has 0 aliphatic carbocycles. The fraction of sp³-hybridized carbons (Fsp3) is 0.882. The molecule has 30 heavy (non-hydrogen) atoms. The van der Waals surface area contributed by atoms with Crippen LogP contribution >= 0.6 is 0 Å². The highest BCUT2D eigenvalue weighted by molar-refractivity contribution is 5.73. The summed E-state index contributed by atoms with van der Waals surface area (Å²) in [5.41, 5.74) is 0. The van der Waals surface area contributed by atoms with Crippen LogP contribution in [0.4, 0.5) is 0 Å². The summed E-state index contributed by atoms with van der Waals surface area (Å²) in [7, 11) is 0. The van der Waals surface area contributed by atoms with E-state index in [9.17, 15) is 40.2 Å². The third-order valence-electron chi connectivity index (χ3n) is 5.19. The van der Waals surface area contributed by atoms with Crippen molar-refractivity contribution in [2.24, 2.45) is 0 Å². The van der Waals surface area contributed by atoms with E-state index >= 15 is 0 Å². The number of aliphatic hydroxyl groups excluding tert-OH is 7. The first-order valence-electron chi connectivity index (χ1n) is 9.40. The van der Waals surface area contributed by atoms with Crippen molar-refractivity contribution in [3.05, 3.63) is 0 Å². The second-order valence-corrected chi connectivity index (χ2v) is 7.55. The van der Waals surface area contributed by atoms with Gasteiger partial charge in [0, 0.05) is 13.3 Å². The number of hydrogen-bond donors (Lipinski definition) is 8. The predicted octanol–water partition coefficient (Wildman–Crippen LogP) is -4.91. The Morgan fingerprint density at radius 2 is 1.87 bits per heavy atom. The quantitative estimate of drug-likeness (QED) is 0.175. The van der Waals surface area contributed by atoms with E-state index in [1.807, 2.05) is 0 Å². The lowest BCUT2D eigenvalue weighted by atomic mass is 9.89. The van der Waals surface area contributed by atoms with Gasteiger partial charge in [-0.15, -0.1) is 0 Å². The van der Waals surface area contributed by atoms with Gasteiger partial charge in [-0.05, 0) is 6.92 Å². The van der Waals surface area contributed by atoms with Crippen LogP contribution in [-0.4, -0.2) is 121 Å². The van der Waals surface area contributed by atoms with Crippen molar-refractivity contribution in [1.82, 2.24) is 5.32 Å². The van der Waals surface area contributed by atoms with E-state index in [1.54, 1.807) is 0 Å². The summed E-state index contributed by atoms with van der Waals surface area (Å²) >= 11 is 0. The van der Waals surface area contributed by atoms with Gasteiger partial charge < -0.3 is 55.3 Å². The molecule has 2 rings (SSSR count). The Labute approximate surface area is 171 Å². The lowest BCUT2D eigenvalue weighted by molar-refractivity contribution is -0.377. The van der Waals surface area contributed by atoms with Gasteiger partial charge in [-0.1, -0.05) is 0 Å². The Bertz CT molecular complexity index is 607. The zero-order valence-corrected chi connectivity index (χ0v) is 16.4. The number of rotatable bonds is 7. The molecule has 1 amide bonds. The second kappa shape index (κ2) is 9.91. The van der Waals surface area contributed by atoms with Gasteiger partial charge in [0.1, 0.15) is 36.6 Å². The number of aldehydes is 1. The smallest absolute Gasteiger partial charge is 0.231 e. The first-order valence-corrected chi connectivity index (χ1v) is 9.40. The van der Waals surface area contributed by atoms with Crippen molar-refractivity contribution in [3.63, 3.8) is 0 Å². The van der Waals surface area contributed by atoms with Crippen LogP contribution in [0.5, 0.6) is 0 Å². The number of carbonyl (C=O) groups excluding carboxylic acids is 2. The van der Waals surface area contributed by atoms with Crippen LogP contribution in [0, 0.1) is 0 Å². The maximum Gasteiger partial charge on any atom is 0.231 e. The van der Waals surface area contributed by atoms with Crippen molar-refractivity contribution in [2.45, 2.75) is 87.2 Å². The molecule has 0 aromatic carbocycles. The van der Waals surface area contributed by atoms with Crippen LogP contribution in [-0.2, 0) is 23.8 Å². The summed E-state index contributed by atoms with van der Waals surface area (Å²) in [6.07, 6.45) is -14.7. The lowest BCUT2D eigenvalue weighted by Crippen LogP contribution is -2.68. The summed E-state index contributed by atoms with van der Waals surface area (Å²) in [6, 6.07) is -1.28. The zero-order chi connectivity index (χ0) is 22.8. The first-order chi connectivity index (χ1) is 14.0. The minimum absolute atomic E-state index is 0.128. The predicted molar refractivity (Wildman–Crippen MR) is 94.4 cm³/mol. The largest absolute Gasteiger partial charge is 0.394 e. The number of ether oxygens (including phenoxy) is 3. The normalized spacial score (nSPS) is 44.2. The molecule has 13 nitrogen and oxygen atoms in total. The highest BCUT2D eigenvalue weighted by Gasteiger charge is 2.54. The number of hydrogen-bond acceptors (Lipinski definition) is 12. The third kappa shape index (κ3) is 5.13. The topological polar surface area (TPSA) is 215 Å². The molecule has 0 radical (unpaired) electrons. The average molecular weight is 439 g/mol. The van der Waals surface area contributed by atoms with E-state index in [0.29, 0.717) is 0 Å². The average Bonchev–Trinajstić information content (AvgIpc) is 2.70. The molecule has 2 fully saturated rings. The Balaban J connectivity index is 2.30. The minimum Gasteiger partial charge on any atom is -0.394 e. The van der Waals surface area contributed by atoms with E-state index in [4.69, 9.17) is 19.3 Å². The SMILES string of the molecule is CC(=O)N[C@H]1[C@H]([C@H](O)[C@H](O)CO)O[C@@](C=O)(OC2O[C@H](C)[C@H](O)[C@H](O)[C@H]2O)C[C@@H]1O. The monoisotopic (exact) mass is 439 g/mol. The van der Waals surface area contributed by atoms with Gasteiger partial charge in [0.25, 0.3) is 0 Å².